The highest BCUT2D eigenvalue weighted by Crippen LogP contribution is 2.09. The minimum atomic E-state index is 0.775. The second-order valence-corrected chi connectivity index (χ2v) is 4.81. The zero-order chi connectivity index (χ0) is 13.1. The van der Waals surface area contributed by atoms with Crippen molar-refractivity contribution < 1.29 is 0 Å². The molecule has 0 bridgehead atoms. The van der Waals surface area contributed by atoms with Crippen LogP contribution in [0.3, 0.4) is 0 Å². The van der Waals surface area contributed by atoms with Gasteiger partial charge in [-0.3, -0.25) is 4.90 Å². The van der Waals surface area contributed by atoms with Crippen molar-refractivity contribution in [3.8, 4) is 5.69 Å². The molecular formula is C13H18N6. The van der Waals surface area contributed by atoms with Crippen LogP contribution in [0.5, 0.6) is 0 Å². The van der Waals surface area contributed by atoms with Gasteiger partial charge in [-0.2, -0.15) is 5.10 Å². The first kappa shape index (κ1) is 12.3. The van der Waals surface area contributed by atoms with Crippen molar-refractivity contribution in [1.29, 1.82) is 0 Å². The molecule has 0 aromatic carbocycles. The monoisotopic (exact) mass is 258 g/mol. The van der Waals surface area contributed by atoms with Gasteiger partial charge in [0.25, 0.3) is 0 Å². The quantitative estimate of drug-likeness (QED) is 0.862. The summed E-state index contributed by atoms with van der Waals surface area (Å²) in [6, 6.07) is 0. The molecule has 1 aliphatic heterocycles. The summed E-state index contributed by atoms with van der Waals surface area (Å²) in [6.45, 7) is 7.16. The van der Waals surface area contributed by atoms with Gasteiger partial charge in [-0.1, -0.05) is 0 Å². The Bertz CT molecular complexity index is 526. The third-order valence-corrected chi connectivity index (χ3v) is 3.28. The maximum atomic E-state index is 4.38. The van der Waals surface area contributed by atoms with E-state index in [0.29, 0.717) is 0 Å². The summed E-state index contributed by atoms with van der Waals surface area (Å²) in [5.74, 6) is 0.775. The highest BCUT2D eigenvalue weighted by molar-refractivity contribution is 5.25. The van der Waals surface area contributed by atoms with Crippen LogP contribution in [-0.2, 0) is 6.54 Å². The Kier molecular flexibility index (Phi) is 3.52. The van der Waals surface area contributed by atoms with Crippen molar-refractivity contribution >= 4 is 0 Å². The number of rotatable bonds is 3. The maximum absolute atomic E-state index is 4.38. The topological polar surface area (TPSA) is 58.9 Å². The first-order valence-corrected chi connectivity index (χ1v) is 6.57. The lowest BCUT2D eigenvalue weighted by molar-refractivity contribution is 0.233. The molecule has 0 amide bonds. The van der Waals surface area contributed by atoms with Crippen molar-refractivity contribution in [3.05, 3.63) is 36.2 Å². The Morgan fingerprint density at radius 1 is 1.16 bits per heavy atom. The number of hydrogen-bond acceptors (Lipinski definition) is 5. The van der Waals surface area contributed by atoms with E-state index in [-0.39, 0.29) is 0 Å². The highest BCUT2D eigenvalue weighted by Gasteiger charge is 2.11. The van der Waals surface area contributed by atoms with Gasteiger partial charge in [0.05, 0.1) is 18.6 Å². The third kappa shape index (κ3) is 2.97. The molecule has 0 radical (unpaired) electrons. The number of piperazine rings is 1. The van der Waals surface area contributed by atoms with Gasteiger partial charge in [-0.05, 0) is 6.92 Å². The molecule has 0 aliphatic carbocycles. The smallest absolute Gasteiger partial charge is 0.125 e. The average molecular weight is 258 g/mol. The second-order valence-electron chi connectivity index (χ2n) is 4.81. The lowest BCUT2D eigenvalue weighted by Gasteiger charge is -2.26. The molecule has 0 saturated carbocycles. The maximum Gasteiger partial charge on any atom is 0.125 e. The summed E-state index contributed by atoms with van der Waals surface area (Å²) in [5, 5.41) is 7.73. The molecule has 19 heavy (non-hydrogen) atoms. The molecule has 0 spiro atoms. The normalized spacial score (nSPS) is 16.7. The minimum absolute atomic E-state index is 0.775. The Balaban J connectivity index is 1.70. The predicted octanol–water partition coefficient (Wildman–Crippen LogP) is 0.376. The Hall–Kier alpha value is -1.79. The van der Waals surface area contributed by atoms with Crippen LogP contribution in [-0.4, -0.2) is 50.8 Å². The van der Waals surface area contributed by atoms with Gasteiger partial charge in [-0.15, -0.1) is 0 Å². The summed E-state index contributed by atoms with van der Waals surface area (Å²) < 4.78 is 1.83. The number of nitrogens with zero attached hydrogens (tertiary/aromatic N) is 5. The molecule has 1 N–H and O–H groups in total. The van der Waals surface area contributed by atoms with E-state index in [2.05, 4.69) is 31.5 Å². The van der Waals surface area contributed by atoms with Crippen molar-refractivity contribution in [3.63, 3.8) is 0 Å². The van der Waals surface area contributed by atoms with Crippen LogP contribution in [0, 0.1) is 6.92 Å². The summed E-state index contributed by atoms with van der Waals surface area (Å²) in [7, 11) is 0. The Morgan fingerprint density at radius 3 is 2.63 bits per heavy atom. The summed E-state index contributed by atoms with van der Waals surface area (Å²) >= 11 is 0. The van der Waals surface area contributed by atoms with Crippen LogP contribution in [0.4, 0.5) is 0 Å². The minimum Gasteiger partial charge on any atom is -0.314 e. The highest BCUT2D eigenvalue weighted by atomic mass is 15.3. The molecule has 100 valence electrons. The van der Waals surface area contributed by atoms with Crippen LogP contribution < -0.4 is 5.32 Å². The first-order chi connectivity index (χ1) is 9.31. The molecule has 6 nitrogen and oxygen atoms in total. The predicted molar refractivity (Wildman–Crippen MR) is 72.0 cm³/mol. The largest absolute Gasteiger partial charge is 0.314 e. The average Bonchev–Trinajstić information content (AvgIpc) is 2.89. The molecule has 0 atom stereocenters. The van der Waals surface area contributed by atoms with E-state index in [0.717, 1.165) is 44.2 Å². The van der Waals surface area contributed by atoms with Gasteiger partial charge in [0.15, 0.2) is 0 Å². The van der Waals surface area contributed by atoms with Gasteiger partial charge >= 0.3 is 0 Å². The van der Waals surface area contributed by atoms with Crippen LogP contribution in [0.15, 0.2) is 24.8 Å². The van der Waals surface area contributed by atoms with Crippen LogP contribution >= 0.6 is 0 Å². The zero-order valence-corrected chi connectivity index (χ0v) is 11.1. The lowest BCUT2D eigenvalue weighted by atomic mass is 10.3. The fourth-order valence-corrected chi connectivity index (χ4v) is 2.21. The molecule has 1 aliphatic rings. The van der Waals surface area contributed by atoms with E-state index in [1.54, 1.807) is 12.4 Å². The van der Waals surface area contributed by atoms with Gasteiger partial charge < -0.3 is 5.32 Å². The number of aromatic nitrogens is 4. The van der Waals surface area contributed by atoms with E-state index in [9.17, 15) is 0 Å². The second kappa shape index (κ2) is 5.46. The summed E-state index contributed by atoms with van der Waals surface area (Å²) in [6.07, 6.45) is 7.56. The number of nitrogens with one attached hydrogen (secondary N) is 1. The molecule has 3 heterocycles. The fraction of sp³-hybridized carbons (Fsp3) is 0.462. The van der Waals surface area contributed by atoms with Crippen molar-refractivity contribution in [2.24, 2.45) is 0 Å². The molecule has 2 aromatic heterocycles. The Labute approximate surface area is 112 Å². The zero-order valence-electron chi connectivity index (χ0n) is 11.1. The van der Waals surface area contributed by atoms with E-state index in [1.807, 2.05) is 17.8 Å². The van der Waals surface area contributed by atoms with E-state index in [1.165, 1.54) is 5.56 Å². The van der Waals surface area contributed by atoms with Crippen LogP contribution in [0.1, 0.15) is 11.4 Å². The Morgan fingerprint density at radius 2 is 1.89 bits per heavy atom. The number of hydrogen-bond donors (Lipinski definition) is 1. The van der Waals surface area contributed by atoms with Gasteiger partial charge in [-0.25, -0.2) is 14.6 Å². The van der Waals surface area contributed by atoms with Gasteiger partial charge in [0, 0.05) is 44.5 Å². The molecule has 1 fully saturated rings. The molecule has 6 heteroatoms. The molecule has 1 saturated heterocycles. The van der Waals surface area contributed by atoms with Crippen molar-refractivity contribution in [2.75, 3.05) is 26.2 Å². The molecule has 2 aromatic rings. The molecule has 3 rings (SSSR count). The van der Waals surface area contributed by atoms with E-state index in [4.69, 9.17) is 0 Å². The third-order valence-electron chi connectivity index (χ3n) is 3.28. The van der Waals surface area contributed by atoms with Crippen molar-refractivity contribution in [1.82, 2.24) is 30.0 Å². The SMILES string of the molecule is Cc1ncc(-n2cc(CN3CCNCC3)cn2)cn1. The van der Waals surface area contributed by atoms with Crippen molar-refractivity contribution in [2.45, 2.75) is 13.5 Å². The van der Waals surface area contributed by atoms with E-state index < -0.39 is 0 Å². The van der Waals surface area contributed by atoms with E-state index >= 15 is 0 Å². The summed E-state index contributed by atoms with van der Waals surface area (Å²) in [4.78, 5) is 10.8. The molecule has 0 unspecified atom stereocenters. The number of aryl methyl sites for hydroxylation is 1. The molecular weight excluding hydrogens is 240 g/mol. The lowest BCUT2D eigenvalue weighted by Crippen LogP contribution is -2.42. The van der Waals surface area contributed by atoms with Crippen LogP contribution in [0.2, 0.25) is 0 Å². The first-order valence-electron chi connectivity index (χ1n) is 6.57. The summed E-state index contributed by atoms with van der Waals surface area (Å²) in [5.41, 5.74) is 2.12. The standard InChI is InChI=1S/C13H18N6/c1-11-15-7-13(8-16-11)19-10-12(6-17-19)9-18-4-2-14-3-5-18/h6-8,10,14H,2-5,9H2,1H3. The van der Waals surface area contributed by atoms with Crippen LogP contribution in [0.25, 0.3) is 5.69 Å². The van der Waals surface area contributed by atoms with Gasteiger partial charge in [0.2, 0.25) is 0 Å². The van der Waals surface area contributed by atoms with Gasteiger partial charge in [0.1, 0.15) is 11.5 Å². The fourth-order valence-electron chi connectivity index (χ4n) is 2.21.